The van der Waals surface area contributed by atoms with Gasteiger partial charge in [0, 0.05) is 31.4 Å². The SMILES string of the molecule is C=C/C=C(\C)CN(CCCl)CCCl. The normalized spacial score (nSPS) is 12.2. The van der Waals surface area contributed by atoms with Gasteiger partial charge in [-0.05, 0) is 6.92 Å². The van der Waals surface area contributed by atoms with Crippen LogP contribution in [0.1, 0.15) is 6.92 Å². The number of alkyl halides is 2. The van der Waals surface area contributed by atoms with Crippen molar-refractivity contribution in [3.8, 4) is 0 Å². The lowest BCUT2D eigenvalue weighted by atomic mass is 10.2. The molecule has 0 spiro atoms. The Morgan fingerprint density at radius 2 is 1.85 bits per heavy atom. The molecular weight excluding hydrogens is 205 g/mol. The highest BCUT2D eigenvalue weighted by Gasteiger charge is 2.02. The van der Waals surface area contributed by atoms with Gasteiger partial charge in [0.15, 0.2) is 0 Å². The zero-order chi connectivity index (χ0) is 10.1. The minimum atomic E-state index is 0.651. The molecule has 0 saturated heterocycles. The first-order valence-electron chi connectivity index (χ1n) is 4.37. The highest BCUT2D eigenvalue weighted by molar-refractivity contribution is 6.18. The third-order valence-corrected chi connectivity index (χ3v) is 2.01. The van der Waals surface area contributed by atoms with Crippen molar-refractivity contribution >= 4 is 23.2 Å². The molecular formula is C10H17Cl2N. The van der Waals surface area contributed by atoms with Crippen molar-refractivity contribution in [1.29, 1.82) is 0 Å². The fraction of sp³-hybridized carbons (Fsp3) is 0.600. The smallest absolute Gasteiger partial charge is 0.0351 e. The van der Waals surface area contributed by atoms with Gasteiger partial charge in [-0.25, -0.2) is 0 Å². The van der Waals surface area contributed by atoms with Crippen LogP contribution in [-0.4, -0.2) is 36.3 Å². The van der Waals surface area contributed by atoms with Gasteiger partial charge >= 0.3 is 0 Å². The minimum absolute atomic E-state index is 0.651. The van der Waals surface area contributed by atoms with Crippen LogP contribution in [0.15, 0.2) is 24.3 Å². The molecule has 0 N–H and O–H groups in total. The molecule has 1 nitrogen and oxygen atoms in total. The van der Waals surface area contributed by atoms with E-state index in [1.165, 1.54) is 5.57 Å². The lowest BCUT2D eigenvalue weighted by molar-refractivity contribution is 0.334. The molecule has 0 saturated carbocycles. The molecule has 0 aliphatic carbocycles. The molecule has 0 atom stereocenters. The Bertz CT molecular complexity index is 160. The molecule has 13 heavy (non-hydrogen) atoms. The second-order valence-electron chi connectivity index (χ2n) is 2.90. The van der Waals surface area contributed by atoms with Crippen LogP contribution in [-0.2, 0) is 0 Å². The molecule has 3 heteroatoms. The van der Waals surface area contributed by atoms with Gasteiger partial charge in [0.25, 0.3) is 0 Å². The van der Waals surface area contributed by atoms with Gasteiger partial charge in [0.2, 0.25) is 0 Å². The van der Waals surface area contributed by atoms with Crippen molar-refractivity contribution in [1.82, 2.24) is 4.90 Å². The van der Waals surface area contributed by atoms with Crippen LogP contribution in [0.2, 0.25) is 0 Å². The van der Waals surface area contributed by atoms with Crippen molar-refractivity contribution in [3.63, 3.8) is 0 Å². The average molecular weight is 222 g/mol. The third-order valence-electron chi connectivity index (χ3n) is 1.68. The van der Waals surface area contributed by atoms with Crippen LogP contribution < -0.4 is 0 Å². The van der Waals surface area contributed by atoms with Crippen LogP contribution in [0.3, 0.4) is 0 Å². The number of nitrogens with zero attached hydrogens (tertiary/aromatic N) is 1. The van der Waals surface area contributed by atoms with E-state index in [-0.39, 0.29) is 0 Å². The Hall–Kier alpha value is 0.0200. The Balaban J connectivity index is 3.92. The Labute approximate surface area is 91.0 Å². The summed E-state index contributed by atoms with van der Waals surface area (Å²) in [5, 5.41) is 0. The summed E-state index contributed by atoms with van der Waals surface area (Å²) in [6, 6.07) is 0. The van der Waals surface area contributed by atoms with Gasteiger partial charge in [-0.1, -0.05) is 24.3 Å². The summed E-state index contributed by atoms with van der Waals surface area (Å²) in [4.78, 5) is 2.23. The van der Waals surface area contributed by atoms with Crippen molar-refractivity contribution < 1.29 is 0 Å². The van der Waals surface area contributed by atoms with E-state index in [1.54, 1.807) is 6.08 Å². The van der Waals surface area contributed by atoms with E-state index < -0.39 is 0 Å². The molecule has 0 amide bonds. The van der Waals surface area contributed by atoms with Crippen LogP contribution in [0, 0.1) is 0 Å². The molecule has 0 aromatic carbocycles. The summed E-state index contributed by atoms with van der Waals surface area (Å²) in [7, 11) is 0. The van der Waals surface area contributed by atoms with E-state index in [2.05, 4.69) is 18.4 Å². The fourth-order valence-corrected chi connectivity index (χ4v) is 1.59. The predicted octanol–water partition coefficient (Wildman–Crippen LogP) is 2.90. The predicted molar refractivity (Wildman–Crippen MR) is 61.8 cm³/mol. The summed E-state index contributed by atoms with van der Waals surface area (Å²) in [6.45, 7) is 8.43. The van der Waals surface area contributed by atoms with Crippen molar-refractivity contribution in [2.75, 3.05) is 31.4 Å². The summed E-state index contributed by atoms with van der Waals surface area (Å²) >= 11 is 11.3. The molecule has 76 valence electrons. The van der Waals surface area contributed by atoms with Crippen LogP contribution in [0.25, 0.3) is 0 Å². The maximum Gasteiger partial charge on any atom is 0.0351 e. The van der Waals surface area contributed by atoms with Crippen LogP contribution >= 0.6 is 23.2 Å². The Morgan fingerprint density at radius 3 is 2.23 bits per heavy atom. The van der Waals surface area contributed by atoms with Crippen molar-refractivity contribution in [2.24, 2.45) is 0 Å². The maximum absolute atomic E-state index is 5.67. The standard InChI is InChI=1S/C10H17Cl2N/c1-3-4-10(2)9-13(7-5-11)8-6-12/h3-4H,1,5-9H2,2H3/b10-4+. The van der Waals surface area contributed by atoms with Gasteiger partial charge in [-0.3, -0.25) is 4.90 Å². The van der Waals surface area contributed by atoms with Crippen molar-refractivity contribution in [2.45, 2.75) is 6.92 Å². The lowest BCUT2D eigenvalue weighted by Crippen LogP contribution is -2.29. The lowest BCUT2D eigenvalue weighted by Gasteiger charge is -2.19. The minimum Gasteiger partial charge on any atom is -0.297 e. The summed E-state index contributed by atoms with van der Waals surface area (Å²) < 4.78 is 0. The first kappa shape index (κ1) is 13.0. The van der Waals surface area contributed by atoms with Gasteiger partial charge < -0.3 is 0 Å². The van der Waals surface area contributed by atoms with E-state index in [0.29, 0.717) is 11.8 Å². The summed E-state index contributed by atoms with van der Waals surface area (Å²) in [5.41, 5.74) is 1.28. The molecule has 0 fully saturated rings. The molecule has 0 aliphatic rings. The monoisotopic (exact) mass is 221 g/mol. The first-order chi connectivity index (χ1) is 6.24. The molecule has 0 radical (unpaired) electrons. The summed E-state index contributed by atoms with van der Waals surface area (Å²) in [6.07, 6.45) is 3.81. The fourth-order valence-electron chi connectivity index (χ4n) is 1.12. The van der Waals surface area contributed by atoms with E-state index in [4.69, 9.17) is 23.2 Å². The number of allylic oxidation sites excluding steroid dienone is 2. The molecule has 0 aromatic heterocycles. The van der Waals surface area contributed by atoms with E-state index in [1.807, 2.05) is 6.08 Å². The molecule has 0 aromatic rings. The topological polar surface area (TPSA) is 3.24 Å². The molecule has 0 aliphatic heterocycles. The highest BCUT2D eigenvalue weighted by Crippen LogP contribution is 2.00. The second-order valence-corrected chi connectivity index (χ2v) is 3.66. The molecule has 0 unspecified atom stereocenters. The second kappa shape index (κ2) is 8.61. The van der Waals surface area contributed by atoms with Crippen molar-refractivity contribution in [3.05, 3.63) is 24.3 Å². The van der Waals surface area contributed by atoms with Gasteiger partial charge in [0.05, 0.1) is 0 Å². The van der Waals surface area contributed by atoms with Gasteiger partial charge in [-0.15, -0.1) is 23.2 Å². The third kappa shape index (κ3) is 7.12. The van der Waals surface area contributed by atoms with Gasteiger partial charge in [0.1, 0.15) is 0 Å². The largest absolute Gasteiger partial charge is 0.297 e. The quantitative estimate of drug-likeness (QED) is 0.473. The zero-order valence-electron chi connectivity index (χ0n) is 8.10. The molecule has 0 rings (SSSR count). The highest BCUT2D eigenvalue weighted by atomic mass is 35.5. The van der Waals surface area contributed by atoms with Crippen LogP contribution in [0.5, 0.6) is 0 Å². The number of hydrogen-bond acceptors (Lipinski definition) is 1. The Kier molecular flexibility index (Phi) is 8.62. The van der Waals surface area contributed by atoms with E-state index in [9.17, 15) is 0 Å². The van der Waals surface area contributed by atoms with Crippen LogP contribution in [0.4, 0.5) is 0 Å². The Morgan fingerprint density at radius 1 is 1.31 bits per heavy atom. The average Bonchev–Trinajstić information content (AvgIpc) is 2.05. The zero-order valence-corrected chi connectivity index (χ0v) is 9.61. The van der Waals surface area contributed by atoms with E-state index in [0.717, 1.165) is 19.6 Å². The molecule has 0 bridgehead atoms. The van der Waals surface area contributed by atoms with Gasteiger partial charge in [-0.2, -0.15) is 0 Å². The molecule has 0 heterocycles. The van der Waals surface area contributed by atoms with E-state index >= 15 is 0 Å². The first-order valence-corrected chi connectivity index (χ1v) is 5.44. The number of rotatable bonds is 7. The summed E-state index contributed by atoms with van der Waals surface area (Å²) in [5.74, 6) is 1.30. The maximum atomic E-state index is 5.67. The number of hydrogen-bond donors (Lipinski definition) is 0. The number of halogens is 2.